The van der Waals surface area contributed by atoms with Gasteiger partial charge in [0.1, 0.15) is 11.6 Å². The summed E-state index contributed by atoms with van der Waals surface area (Å²) in [4.78, 5) is 0. The van der Waals surface area contributed by atoms with Crippen LogP contribution in [0.15, 0.2) is 22.7 Å². The summed E-state index contributed by atoms with van der Waals surface area (Å²) in [5.74, 6) is 1.13. The van der Waals surface area contributed by atoms with Gasteiger partial charge >= 0.3 is 0 Å². The lowest BCUT2D eigenvalue weighted by Crippen LogP contribution is -2.14. The first kappa shape index (κ1) is 12.0. The predicted octanol–water partition coefficient (Wildman–Crippen LogP) is 2.77. The van der Waals surface area contributed by atoms with Crippen LogP contribution in [0, 0.1) is 11.3 Å². The standard InChI is InChI=1S/C11H15BrN2O/c1-7(2)6-15-10-5-8(12)3-4-9(10)11(13)14/h3-5,7H,6H2,1-2H3,(H3,13,14). The number of amidine groups is 1. The average molecular weight is 271 g/mol. The maximum Gasteiger partial charge on any atom is 0.131 e. The fraction of sp³-hybridized carbons (Fsp3) is 0.364. The number of nitrogens with two attached hydrogens (primary N) is 1. The van der Waals surface area contributed by atoms with Crippen LogP contribution in [0.4, 0.5) is 0 Å². The minimum Gasteiger partial charge on any atom is -0.493 e. The minimum atomic E-state index is 0.0289. The molecule has 0 unspecified atom stereocenters. The maximum atomic E-state index is 7.41. The van der Waals surface area contributed by atoms with Crippen LogP contribution in [0.2, 0.25) is 0 Å². The van der Waals surface area contributed by atoms with Crippen molar-refractivity contribution in [2.45, 2.75) is 13.8 Å². The lowest BCUT2D eigenvalue weighted by atomic mass is 10.2. The average Bonchev–Trinajstić information content (AvgIpc) is 2.14. The van der Waals surface area contributed by atoms with Crippen molar-refractivity contribution in [3.8, 4) is 5.75 Å². The van der Waals surface area contributed by atoms with Crippen LogP contribution in [-0.2, 0) is 0 Å². The summed E-state index contributed by atoms with van der Waals surface area (Å²) < 4.78 is 6.51. The number of benzene rings is 1. The van der Waals surface area contributed by atoms with Crippen LogP contribution < -0.4 is 10.5 Å². The number of nitrogen functional groups attached to an aromatic ring is 1. The molecule has 0 aliphatic rings. The number of ether oxygens (including phenoxy) is 1. The molecule has 0 fully saturated rings. The normalized spacial score (nSPS) is 10.4. The van der Waals surface area contributed by atoms with Crippen LogP contribution in [0.5, 0.6) is 5.75 Å². The Balaban J connectivity index is 2.92. The molecular formula is C11H15BrN2O. The van der Waals surface area contributed by atoms with Gasteiger partial charge in [0.05, 0.1) is 12.2 Å². The number of nitrogens with one attached hydrogen (secondary N) is 1. The van der Waals surface area contributed by atoms with E-state index in [9.17, 15) is 0 Å². The van der Waals surface area contributed by atoms with E-state index in [1.54, 1.807) is 6.07 Å². The molecule has 1 aromatic rings. The minimum absolute atomic E-state index is 0.0289. The third kappa shape index (κ3) is 3.55. The number of rotatable bonds is 4. The van der Waals surface area contributed by atoms with Gasteiger partial charge in [-0.3, -0.25) is 5.41 Å². The quantitative estimate of drug-likeness (QED) is 0.653. The number of hydrogen-bond donors (Lipinski definition) is 2. The summed E-state index contributed by atoms with van der Waals surface area (Å²) in [7, 11) is 0. The van der Waals surface area contributed by atoms with Gasteiger partial charge in [0.25, 0.3) is 0 Å². The fourth-order valence-electron chi connectivity index (χ4n) is 1.09. The summed E-state index contributed by atoms with van der Waals surface area (Å²) in [5.41, 5.74) is 6.10. The van der Waals surface area contributed by atoms with Crippen molar-refractivity contribution in [3.63, 3.8) is 0 Å². The van der Waals surface area contributed by atoms with Crippen molar-refractivity contribution in [1.29, 1.82) is 5.41 Å². The third-order valence-electron chi connectivity index (χ3n) is 1.81. The summed E-state index contributed by atoms with van der Waals surface area (Å²) in [6.07, 6.45) is 0. The van der Waals surface area contributed by atoms with Gasteiger partial charge < -0.3 is 10.5 Å². The lowest BCUT2D eigenvalue weighted by Gasteiger charge is -2.12. The van der Waals surface area contributed by atoms with E-state index in [0.29, 0.717) is 23.8 Å². The lowest BCUT2D eigenvalue weighted by molar-refractivity contribution is 0.270. The highest BCUT2D eigenvalue weighted by Gasteiger charge is 2.07. The molecule has 0 spiro atoms. The van der Waals surface area contributed by atoms with Crippen molar-refractivity contribution in [1.82, 2.24) is 0 Å². The molecule has 0 aliphatic carbocycles. The van der Waals surface area contributed by atoms with Gasteiger partial charge in [0.15, 0.2) is 0 Å². The largest absolute Gasteiger partial charge is 0.493 e. The van der Waals surface area contributed by atoms with Gasteiger partial charge in [-0.2, -0.15) is 0 Å². The Kier molecular flexibility index (Phi) is 4.15. The van der Waals surface area contributed by atoms with Gasteiger partial charge in [-0.15, -0.1) is 0 Å². The van der Waals surface area contributed by atoms with E-state index in [0.717, 1.165) is 4.47 Å². The highest BCUT2D eigenvalue weighted by atomic mass is 79.9. The molecule has 0 atom stereocenters. The first-order chi connectivity index (χ1) is 7.00. The topological polar surface area (TPSA) is 59.1 Å². The molecule has 82 valence electrons. The molecule has 15 heavy (non-hydrogen) atoms. The molecule has 1 rings (SSSR count). The van der Waals surface area contributed by atoms with Crippen molar-refractivity contribution < 1.29 is 4.74 Å². The Hall–Kier alpha value is -1.03. The van der Waals surface area contributed by atoms with Gasteiger partial charge in [-0.05, 0) is 24.1 Å². The summed E-state index contributed by atoms with van der Waals surface area (Å²) in [6.45, 7) is 4.77. The molecule has 1 aromatic carbocycles. The van der Waals surface area contributed by atoms with E-state index in [1.165, 1.54) is 0 Å². The van der Waals surface area contributed by atoms with Crippen LogP contribution in [0.25, 0.3) is 0 Å². The number of halogens is 1. The fourth-order valence-corrected chi connectivity index (χ4v) is 1.43. The maximum absolute atomic E-state index is 7.41. The molecule has 0 amide bonds. The van der Waals surface area contributed by atoms with Gasteiger partial charge in [0.2, 0.25) is 0 Å². The summed E-state index contributed by atoms with van der Waals surface area (Å²) in [6, 6.07) is 5.46. The van der Waals surface area contributed by atoms with Crippen molar-refractivity contribution in [2.24, 2.45) is 11.7 Å². The van der Waals surface area contributed by atoms with Gasteiger partial charge in [0, 0.05) is 4.47 Å². The Bertz CT molecular complexity index is 364. The second-order valence-corrected chi connectivity index (χ2v) is 4.67. The van der Waals surface area contributed by atoms with Crippen LogP contribution in [0.1, 0.15) is 19.4 Å². The molecule has 0 bridgehead atoms. The smallest absolute Gasteiger partial charge is 0.131 e. The molecule has 0 saturated heterocycles. The van der Waals surface area contributed by atoms with Crippen molar-refractivity contribution in [2.75, 3.05) is 6.61 Å². The molecule has 3 nitrogen and oxygen atoms in total. The SMILES string of the molecule is CC(C)COc1cc(Br)ccc1C(=N)N. The van der Waals surface area contributed by atoms with Gasteiger partial charge in [-0.1, -0.05) is 29.8 Å². The Morgan fingerprint density at radius 3 is 2.73 bits per heavy atom. The second kappa shape index (κ2) is 5.16. The van der Waals surface area contributed by atoms with Crippen LogP contribution in [-0.4, -0.2) is 12.4 Å². The van der Waals surface area contributed by atoms with E-state index in [2.05, 4.69) is 29.8 Å². The van der Waals surface area contributed by atoms with E-state index >= 15 is 0 Å². The van der Waals surface area contributed by atoms with E-state index in [1.807, 2.05) is 12.1 Å². The number of hydrogen-bond acceptors (Lipinski definition) is 2. The molecule has 0 heterocycles. The predicted molar refractivity (Wildman–Crippen MR) is 65.5 cm³/mol. The van der Waals surface area contributed by atoms with Gasteiger partial charge in [-0.25, -0.2) is 0 Å². The zero-order valence-electron chi connectivity index (χ0n) is 8.88. The highest BCUT2D eigenvalue weighted by molar-refractivity contribution is 9.10. The zero-order chi connectivity index (χ0) is 11.4. The molecule has 0 aromatic heterocycles. The zero-order valence-corrected chi connectivity index (χ0v) is 10.5. The van der Waals surface area contributed by atoms with E-state index in [-0.39, 0.29) is 5.84 Å². The summed E-state index contributed by atoms with van der Waals surface area (Å²) >= 11 is 3.36. The molecule has 0 radical (unpaired) electrons. The first-order valence-electron chi connectivity index (χ1n) is 4.77. The van der Waals surface area contributed by atoms with Crippen LogP contribution >= 0.6 is 15.9 Å². The monoisotopic (exact) mass is 270 g/mol. The first-order valence-corrected chi connectivity index (χ1v) is 5.56. The van der Waals surface area contributed by atoms with Crippen LogP contribution in [0.3, 0.4) is 0 Å². The Labute approximate surface area is 98.3 Å². The second-order valence-electron chi connectivity index (χ2n) is 3.76. The van der Waals surface area contributed by atoms with Crippen molar-refractivity contribution >= 4 is 21.8 Å². The van der Waals surface area contributed by atoms with Crippen molar-refractivity contribution in [3.05, 3.63) is 28.2 Å². The third-order valence-corrected chi connectivity index (χ3v) is 2.30. The summed E-state index contributed by atoms with van der Waals surface area (Å²) in [5, 5.41) is 7.41. The molecular weight excluding hydrogens is 256 g/mol. The molecule has 4 heteroatoms. The molecule has 0 saturated carbocycles. The Morgan fingerprint density at radius 2 is 2.20 bits per heavy atom. The Morgan fingerprint density at radius 1 is 1.53 bits per heavy atom. The molecule has 3 N–H and O–H groups in total. The highest BCUT2D eigenvalue weighted by Crippen LogP contribution is 2.23. The molecule has 0 aliphatic heterocycles. The van der Waals surface area contributed by atoms with E-state index in [4.69, 9.17) is 15.9 Å². The van der Waals surface area contributed by atoms with E-state index < -0.39 is 0 Å².